The smallest absolute Gasteiger partial charge is 0.249 e. The third-order valence-corrected chi connectivity index (χ3v) is 3.52. The molecule has 0 fully saturated rings. The fraction of sp³-hybridized carbons (Fsp3) is 0.118. The number of pyridine rings is 1. The second-order valence-electron chi connectivity index (χ2n) is 5.10. The minimum absolute atomic E-state index is 0.290. The first-order chi connectivity index (χ1) is 11.7. The minimum atomic E-state index is -1.07. The molecule has 3 rings (SSSR count). The summed E-state index contributed by atoms with van der Waals surface area (Å²) in [5.74, 6) is -0.654. The van der Waals surface area contributed by atoms with Crippen LogP contribution in [0.2, 0.25) is 0 Å². The van der Waals surface area contributed by atoms with E-state index in [2.05, 4.69) is 20.5 Å². The van der Waals surface area contributed by atoms with Crippen LogP contribution in [0.3, 0.4) is 0 Å². The fourth-order valence-corrected chi connectivity index (χ4v) is 2.32. The van der Waals surface area contributed by atoms with E-state index in [4.69, 9.17) is 0 Å². The number of nitrogens with one attached hydrogen (secondary N) is 1. The lowest BCUT2D eigenvalue weighted by Crippen LogP contribution is -2.22. The first kappa shape index (κ1) is 15.4. The number of carbonyl (C=O) groups is 1. The lowest BCUT2D eigenvalue weighted by molar-refractivity contribution is -0.116. The molecule has 24 heavy (non-hydrogen) atoms. The summed E-state index contributed by atoms with van der Waals surface area (Å²) in [5.41, 5.74) is 1.39. The Balaban J connectivity index is 1.88. The van der Waals surface area contributed by atoms with Crippen molar-refractivity contribution in [3.8, 4) is 17.5 Å². The van der Waals surface area contributed by atoms with Crippen LogP contribution in [0.25, 0.3) is 11.4 Å². The van der Waals surface area contributed by atoms with Gasteiger partial charge in [-0.1, -0.05) is 30.3 Å². The lowest BCUT2D eigenvalue weighted by atomic mass is 10.1. The summed E-state index contributed by atoms with van der Waals surface area (Å²) in [4.78, 5) is 16.3. The van der Waals surface area contributed by atoms with Crippen molar-refractivity contribution in [2.24, 2.45) is 7.05 Å². The Kier molecular flexibility index (Phi) is 4.29. The van der Waals surface area contributed by atoms with Crippen LogP contribution in [0.4, 0.5) is 5.69 Å². The molecule has 1 N–H and O–H groups in total. The summed E-state index contributed by atoms with van der Waals surface area (Å²) >= 11 is 0. The Hall–Kier alpha value is -3.53. The molecule has 0 unspecified atom stereocenters. The van der Waals surface area contributed by atoms with Crippen LogP contribution < -0.4 is 5.32 Å². The molecular weight excluding hydrogens is 304 g/mol. The van der Waals surface area contributed by atoms with Crippen molar-refractivity contribution in [3.05, 3.63) is 60.7 Å². The normalized spacial score (nSPS) is 11.5. The van der Waals surface area contributed by atoms with Gasteiger partial charge in [-0.3, -0.25) is 9.78 Å². The average molecular weight is 318 g/mol. The van der Waals surface area contributed by atoms with Gasteiger partial charge in [0.05, 0.1) is 18.0 Å². The minimum Gasteiger partial charge on any atom is -0.323 e. The van der Waals surface area contributed by atoms with Gasteiger partial charge in [0, 0.05) is 18.8 Å². The summed E-state index contributed by atoms with van der Waals surface area (Å²) in [7, 11) is 1.74. The molecule has 0 saturated carbocycles. The third-order valence-electron chi connectivity index (χ3n) is 3.52. The summed E-state index contributed by atoms with van der Waals surface area (Å²) in [6.45, 7) is 0. The molecule has 0 spiro atoms. The zero-order valence-electron chi connectivity index (χ0n) is 12.9. The highest BCUT2D eigenvalue weighted by Crippen LogP contribution is 2.21. The second kappa shape index (κ2) is 6.71. The monoisotopic (exact) mass is 318 g/mol. The van der Waals surface area contributed by atoms with E-state index < -0.39 is 11.8 Å². The number of amides is 1. The van der Waals surface area contributed by atoms with Crippen molar-refractivity contribution in [2.45, 2.75) is 5.92 Å². The standard InChI is InChI=1S/C17H14N6O/c1-23-15(12-6-3-2-4-7-12)21-22-16(23)14(10-18)17(24)20-13-8-5-9-19-11-13/h2-9,11,14H,1H3,(H,20,24)/t14-/m0/s1. The van der Waals surface area contributed by atoms with Gasteiger partial charge in [-0.25, -0.2) is 0 Å². The van der Waals surface area contributed by atoms with Crippen LogP contribution in [0, 0.1) is 11.3 Å². The predicted octanol–water partition coefficient (Wildman–Crippen LogP) is 2.12. The molecule has 1 aromatic carbocycles. The molecule has 7 heteroatoms. The molecule has 0 bridgehead atoms. The van der Waals surface area contributed by atoms with Crippen molar-refractivity contribution in [2.75, 3.05) is 5.32 Å². The molecule has 0 radical (unpaired) electrons. The van der Waals surface area contributed by atoms with Crippen molar-refractivity contribution in [1.29, 1.82) is 5.26 Å². The van der Waals surface area contributed by atoms with Crippen LogP contribution in [0.15, 0.2) is 54.9 Å². The molecule has 1 atom stereocenters. The molecule has 0 aliphatic heterocycles. The number of anilines is 1. The van der Waals surface area contributed by atoms with E-state index in [1.807, 2.05) is 36.4 Å². The maximum absolute atomic E-state index is 12.4. The Bertz CT molecular complexity index is 882. The molecule has 2 heterocycles. The number of hydrogen-bond donors (Lipinski definition) is 1. The van der Waals surface area contributed by atoms with Gasteiger partial charge >= 0.3 is 0 Å². The Morgan fingerprint density at radius 1 is 1.21 bits per heavy atom. The zero-order chi connectivity index (χ0) is 16.9. The third kappa shape index (κ3) is 2.98. The van der Waals surface area contributed by atoms with Crippen LogP contribution in [-0.2, 0) is 11.8 Å². The number of aromatic nitrogens is 4. The van der Waals surface area contributed by atoms with E-state index in [9.17, 15) is 10.1 Å². The number of rotatable bonds is 4. The van der Waals surface area contributed by atoms with Crippen LogP contribution in [0.1, 0.15) is 11.7 Å². The van der Waals surface area contributed by atoms with Crippen LogP contribution >= 0.6 is 0 Å². The molecule has 7 nitrogen and oxygen atoms in total. The number of hydrogen-bond acceptors (Lipinski definition) is 5. The first-order valence-electron chi connectivity index (χ1n) is 7.26. The largest absolute Gasteiger partial charge is 0.323 e. The first-order valence-corrected chi connectivity index (χ1v) is 7.26. The van der Waals surface area contributed by atoms with Gasteiger partial charge in [-0.2, -0.15) is 5.26 Å². The highest BCUT2D eigenvalue weighted by molar-refractivity contribution is 5.97. The lowest BCUT2D eigenvalue weighted by Gasteiger charge is -2.10. The van der Waals surface area contributed by atoms with Gasteiger partial charge in [-0.05, 0) is 12.1 Å². The van der Waals surface area contributed by atoms with Gasteiger partial charge < -0.3 is 9.88 Å². The van der Waals surface area contributed by atoms with Crippen LogP contribution in [-0.4, -0.2) is 25.7 Å². The molecule has 0 saturated heterocycles. The van der Waals surface area contributed by atoms with E-state index in [1.54, 1.807) is 29.9 Å². The van der Waals surface area contributed by atoms with E-state index in [1.165, 1.54) is 6.20 Å². The maximum atomic E-state index is 12.4. The Morgan fingerprint density at radius 3 is 2.67 bits per heavy atom. The zero-order valence-corrected chi connectivity index (χ0v) is 12.9. The topological polar surface area (TPSA) is 96.5 Å². The molecule has 0 aliphatic carbocycles. The Morgan fingerprint density at radius 2 is 2.00 bits per heavy atom. The maximum Gasteiger partial charge on any atom is 0.249 e. The van der Waals surface area contributed by atoms with E-state index >= 15 is 0 Å². The van der Waals surface area contributed by atoms with Gasteiger partial charge in [0.25, 0.3) is 0 Å². The van der Waals surface area contributed by atoms with E-state index in [0.717, 1.165) is 5.56 Å². The highest BCUT2D eigenvalue weighted by Gasteiger charge is 2.27. The molecule has 1 amide bonds. The van der Waals surface area contributed by atoms with Gasteiger partial charge in [-0.15, -0.1) is 10.2 Å². The van der Waals surface area contributed by atoms with Gasteiger partial charge in [0.15, 0.2) is 17.6 Å². The summed E-state index contributed by atoms with van der Waals surface area (Å²) in [6, 6.07) is 14.9. The fourth-order valence-electron chi connectivity index (χ4n) is 2.32. The number of nitrogens with zero attached hydrogens (tertiary/aromatic N) is 5. The quantitative estimate of drug-likeness (QED) is 0.795. The summed E-state index contributed by atoms with van der Waals surface area (Å²) in [5, 5.41) is 20.2. The SMILES string of the molecule is Cn1c(-c2ccccc2)nnc1[C@H](C#N)C(=O)Nc1cccnc1. The van der Waals surface area contributed by atoms with Crippen LogP contribution in [0.5, 0.6) is 0 Å². The van der Waals surface area contributed by atoms with Gasteiger partial charge in [0.1, 0.15) is 0 Å². The van der Waals surface area contributed by atoms with E-state index in [-0.39, 0.29) is 5.82 Å². The molecule has 0 aliphatic rings. The second-order valence-corrected chi connectivity index (χ2v) is 5.10. The number of benzene rings is 1. The Labute approximate surface area is 138 Å². The number of nitriles is 1. The summed E-state index contributed by atoms with van der Waals surface area (Å²) < 4.78 is 1.66. The van der Waals surface area contributed by atoms with Gasteiger partial charge in [0.2, 0.25) is 5.91 Å². The molecular formula is C17H14N6O. The molecule has 2 aromatic heterocycles. The highest BCUT2D eigenvalue weighted by atomic mass is 16.1. The van der Waals surface area contributed by atoms with E-state index in [0.29, 0.717) is 11.5 Å². The molecule has 118 valence electrons. The van der Waals surface area contributed by atoms with Crippen molar-refractivity contribution < 1.29 is 4.79 Å². The number of carbonyl (C=O) groups excluding carboxylic acids is 1. The van der Waals surface area contributed by atoms with Crippen molar-refractivity contribution in [1.82, 2.24) is 19.7 Å². The van der Waals surface area contributed by atoms with Crippen molar-refractivity contribution >= 4 is 11.6 Å². The average Bonchev–Trinajstić information content (AvgIpc) is 2.99. The summed E-state index contributed by atoms with van der Waals surface area (Å²) in [6.07, 6.45) is 3.12. The predicted molar refractivity (Wildman–Crippen MR) is 87.7 cm³/mol. The van der Waals surface area contributed by atoms with Crippen molar-refractivity contribution in [3.63, 3.8) is 0 Å². The molecule has 3 aromatic rings.